The quantitative estimate of drug-likeness (QED) is 0.536. The smallest absolute Gasteiger partial charge is 0.614 e. The minimum atomic E-state index is -0.656. The number of benzene rings is 2. The first-order valence-corrected chi connectivity index (χ1v) is 9.21. The van der Waals surface area contributed by atoms with E-state index in [1.54, 1.807) is 0 Å². The van der Waals surface area contributed by atoms with Gasteiger partial charge in [-0.1, -0.05) is 30.4 Å². The van der Waals surface area contributed by atoms with Gasteiger partial charge < -0.3 is 12.5 Å². The van der Waals surface area contributed by atoms with Gasteiger partial charge in [0.15, 0.2) is 11.9 Å². The molecular formula is C20H19AlN2O2+. The lowest BCUT2D eigenvalue weighted by molar-refractivity contribution is -0.645. The van der Waals surface area contributed by atoms with E-state index in [9.17, 15) is 0 Å². The van der Waals surface area contributed by atoms with E-state index in [1.807, 2.05) is 43.6 Å². The number of hydrogen-bond donors (Lipinski definition) is 0. The SMILES string of the molecule is CN1CC=Cc2cccc([O][Al][O]c3cccc4ccc[n+](C)c34)c21. The molecule has 3 aromatic rings. The Labute approximate surface area is 154 Å². The Hall–Kier alpha value is -2.48. The fourth-order valence-electron chi connectivity index (χ4n) is 3.23. The second kappa shape index (κ2) is 6.80. The maximum absolute atomic E-state index is 6.04. The largest absolute Gasteiger partial charge is 0.882 e. The molecule has 4 rings (SSSR count). The summed E-state index contributed by atoms with van der Waals surface area (Å²) < 4.78 is 14.2. The number of pyridine rings is 1. The van der Waals surface area contributed by atoms with Gasteiger partial charge in [0.1, 0.15) is 12.8 Å². The number of fused-ring (bicyclic) bond motifs is 2. The Kier molecular flexibility index (Phi) is 4.35. The van der Waals surface area contributed by atoms with Crippen LogP contribution in [-0.2, 0) is 7.05 Å². The van der Waals surface area contributed by atoms with Gasteiger partial charge in [-0.05, 0) is 24.3 Å². The van der Waals surface area contributed by atoms with Crippen LogP contribution in [0.1, 0.15) is 5.56 Å². The molecule has 0 bridgehead atoms. The molecule has 0 spiro atoms. The molecule has 5 heteroatoms. The molecule has 2 heterocycles. The second-order valence-corrected chi connectivity index (χ2v) is 6.79. The number of likely N-dealkylation sites (N-methyl/N-ethyl adjacent to an activating group) is 1. The van der Waals surface area contributed by atoms with E-state index in [-0.39, 0.29) is 0 Å². The summed E-state index contributed by atoms with van der Waals surface area (Å²) in [6, 6.07) is 16.4. The van der Waals surface area contributed by atoms with Crippen LogP contribution in [0.4, 0.5) is 5.69 Å². The molecule has 1 aromatic heterocycles. The molecule has 0 atom stereocenters. The molecule has 0 fully saturated rings. The number of aryl methyl sites for hydroxylation is 1. The number of para-hydroxylation sites is 2. The molecule has 4 nitrogen and oxygen atoms in total. The van der Waals surface area contributed by atoms with Crippen LogP contribution >= 0.6 is 0 Å². The van der Waals surface area contributed by atoms with Gasteiger partial charge >= 0.3 is 15.9 Å². The molecule has 1 aliphatic rings. The van der Waals surface area contributed by atoms with Gasteiger partial charge in [-0.15, -0.1) is 0 Å². The lowest BCUT2D eigenvalue weighted by atomic mass is 10.1. The summed E-state index contributed by atoms with van der Waals surface area (Å²) in [6.07, 6.45) is 6.33. The topological polar surface area (TPSA) is 25.6 Å². The second-order valence-electron chi connectivity index (χ2n) is 6.12. The number of aromatic nitrogens is 1. The zero-order valence-electron chi connectivity index (χ0n) is 14.3. The van der Waals surface area contributed by atoms with Gasteiger partial charge in [0.2, 0.25) is 0 Å². The van der Waals surface area contributed by atoms with Crippen molar-refractivity contribution in [1.82, 2.24) is 0 Å². The molecule has 123 valence electrons. The van der Waals surface area contributed by atoms with Crippen LogP contribution < -0.4 is 17.0 Å². The third-order valence-corrected chi connectivity index (χ3v) is 5.11. The van der Waals surface area contributed by atoms with Crippen molar-refractivity contribution in [3.8, 4) is 11.5 Å². The highest BCUT2D eigenvalue weighted by Crippen LogP contribution is 2.34. The zero-order valence-corrected chi connectivity index (χ0v) is 15.5. The minimum absolute atomic E-state index is 0.656. The van der Waals surface area contributed by atoms with E-state index < -0.39 is 15.9 Å². The Balaban J connectivity index is 1.56. The Morgan fingerprint density at radius 3 is 2.68 bits per heavy atom. The van der Waals surface area contributed by atoms with Crippen molar-refractivity contribution in [2.24, 2.45) is 7.05 Å². The maximum atomic E-state index is 6.04. The van der Waals surface area contributed by atoms with Gasteiger partial charge in [-0.3, -0.25) is 0 Å². The first kappa shape index (κ1) is 16.0. The lowest BCUT2D eigenvalue weighted by Crippen LogP contribution is -2.29. The van der Waals surface area contributed by atoms with E-state index in [0.29, 0.717) is 0 Å². The summed E-state index contributed by atoms with van der Waals surface area (Å²) in [5, 5.41) is 1.16. The van der Waals surface area contributed by atoms with Gasteiger partial charge in [-0.2, -0.15) is 4.57 Å². The van der Waals surface area contributed by atoms with Crippen LogP contribution in [0.5, 0.6) is 11.5 Å². The molecule has 1 aliphatic heterocycles. The van der Waals surface area contributed by atoms with Gasteiger partial charge in [-0.25, -0.2) is 0 Å². The summed E-state index contributed by atoms with van der Waals surface area (Å²) in [6.45, 7) is 0.892. The summed E-state index contributed by atoms with van der Waals surface area (Å²) in [5.74, 6) is 1.73. The van der Waals surface area contributed by atoms with Gasteiger partial charge in [0.05, 0.1) is 11.1 Å². The van der Waals surface area contributed by atoms with Crippen molar-refractivity contribution in [3.05, 3.63) is 66.4 Å². The standard InChI is InChI=1S/C10H11NO.C10H9NO.Al/c2*1-11-7-3-5-8-4-2-6-9(12)10(8)11;/h2-6,12H,7H2,1H3;2-7H,1H3;/q;;+2/p-1. The van der Waals surface area contributed by atoms with Crippen LogP contribution in [0.15, 0.2) is 60.8 Å². The highest BCUT2D eigenvalue weighted by molar-refractivity contribution is 6.21. The van der Waals surface area contributed by atoms with E-state index >= 15 is 0 Å². The van der Waals surface area contributed by atoms with Gasteiger partial charge in [0.25, 0.3) is 5.52 Å². The maximum Gasteiger partial charge on any atom is 0.882 e. The summed E-state index contributed by atoms with van der Waals surface area (Å²) >= 11 is -0.656. The lowest BCUT2D eigenvalue weighted by Gasteiger charge is -2.26. The van der Waals surface area contributed by atoms with E-state index in [2.05, 4.69) is 46.9 Å². The van der Waals surface area contributed by atoms with Crippen LogP contribution in [0.3, 0.4) is 0 Å². The molecule has 2 aromatic carbocycles. The molecule has 1 radical (unpaired) electrons. The van der Waals surface area contributed by atoms with Crippen LogP contribution in [0, 0.1) is 0 Å². The van der Waals surface area contributed by atoms with Crippen molar-refractivity contribution < 1.29 is 12.1 Å². The predicted octanol–water partition coefficient (Wildman–Crippen LogP) is 3.12. The first-order valence-electron chi connectivity index (χ1n) is 8.27. The number of rotatable bonds is 4. The Morgan fingerprint density at radius 1 is 1.00 bits per heavy atom. The minimum Gasteiger partial charge on any atom is -0.614 e. The average Bonchev–Trinajstić information content (AvgIpc) is 2.62. The predicted molar refractivity (Wildman–Crippen MR) is 101 cm³/mol. The third kappa shape index (κ3) is 3.09. The van der Waals surface area contributed by atoms with Crippen molar-refractivity contribution >= 4 is 38.6 Å². The molecule has 0 N–H and O–H groups in total. The van der Waals surface area contributed by atoms with E-state index in [4.69, 9.17) is 7.58 Å². The first-order chi connectivity index (χ1) is 12.2. The van der Waals surface area contributed by atoms with E-state index in [0.717, 1.165) is 34.6 Å². The molecular weight excluding hydrogens is 327 g/mol. The molecule has 0 saturated heterocycles. The average molecular weight is 346 g/mol. The van der Waals surface area contributed by atoms with Crippen LogP contribution in [-0.4, -0.2) is 29.5 Å². The number of hydrogen-bond acceptors (Lipinski definition) is 3. The van der Waals surface area contributed by atoms with Gasteiger partial charge in [0, 0.05) is 25.2 Å². The van der Waals surface area contributed by atoms with E-state index in [1.165, 1.54) is 5.56 Å². The monoisotopic (exact) mass is 346 g/mol. The highest BCUT2D eigenvalue weighted by Gasteiger charge is 2.18. The molecule has 0 amide bonds. The van der Waals surface area contributed by atoms with Crippen molar-refractivity contribution in [2.45, 2.75) is 0 Å². The summed E-state index contributed by atoms with van der Waals surface area (Å²) in [5.41, 5.74) is 3.39. The number of nitrogens with zero attached hydrogens (tertiary/aromatic N) is 2. The molecule has 0 unspecified atom stereocenters. The van der Waals surface area contributed by atoms with Crippen molar-refractivity contribution in [2.75, 3.05) is 18.5 Å². The highest BCUT2D eigenvalue weighted by atomic mass is 27.2. The van der Waals surface area contributed by atoms with Crippen molar-refractivity contribution in [1.29, 1.82) is 0 Å². The molecule has 0 aliphatic carbocycles. The summed E-state index contributed by atoms with van der Waals surface area (Å²) in [4.78, 5) is 2.20. The summed E-state index contributed by atoms with van der Waals surface area (Å²) in [7, 11) is 4.11. The Morgan fingerprint density at radius 2 is 1.76 bits per heavy atom. The molecule has 25 heavy (non-hydrogen) atoms. The van der Waals surface area contributed by atoms with Crippen molar-refractivity contribution in [3.63, 3.8) is 0 Å². The number of anilines is 1. The van der Waals surface area contributed by atoms with Crippen LogP contribution in [0.25, 0.3) is 17.0 Å². The fraction of sp³-hybridized carbons (Fsp3) is 0.150. The Bertz CT molecular complexity index is 950. The zero-order chi connectivity index (χ0) is 17.2. The van der Waals surface area contributed by atoms with Crippen LogP contribution in [0.2, 0.25) is 0 Å². The fourth-order valence-corrected chi connectivity index (χ4v) is 3.87. The normalized spacial score (nSPS) is 12.8. The third-order valence-electron chi connectivity index (χ3n) is 4.41. The molecule has 0 saturated carbocycles.